The van der Waals surface area contributed by atoms with Gasteiger partial charge in [-0.15, -0.1) is 11.3 Å². The topological polar surface area (TPSA) is 112 Å². The number of nitrogens with one attached hydrogen (secondary N) is 1. The largest absolute Gasteiger partial charge is 0.466 e. The fourth-order valence-corrected chi connectivity index (χ4v) is 4.57. The lowest BCUT2D eigenvalue weighted by Gasteiger charge is -2.13. The molecule has 9 nitrogen and oxygen atoms in total. The predicted molar refractivity (Wildman–Crippen MR) is 129 cm³/mol. The Morgan fingerprint density at radius 2 is 2.00 bits per heavy atom. The molecule has 0 fully saturated rings. The predicted octanol–water partition coefficient (Wildman–Crippen LogP) is 3.12. The molecule has 0 atom stereocenters. The van der Waals surface area contributed by atoms with Gasteiger partial charge in [-0.1, -0.05) is 23.9 Å². The first-order chi connectivity index (χ1) is 16.0. The van der Waals surface area contributed by atoms with Gasteiger partial charge in [0.25, 0.3) is 5.56 Å². The quantitative estimate of drug-likeness (QED) is 0.178. The van der Waals surface area contributed by atoms with Crippen molar-refractivity contribution in [1.29, 1.82) is 0 Å². The maximum Gasteiger partial charge on any atom is 0.311 e. The minimum atomic E-state index is -0.360. The van der Waals surface area contributed by atoms with Gasteiger partial charge in [-0.05, 0) is 32.4 Å². The SMILES string of the molecule is CCOCCCn1c(SCC(=O)Nc2nc(CC(=O)OCC)cs2)nc2ccccc2c1=O. The zero-order chi connectivity index (χ0) is 23.6. The summed E-state index contributed by atoms with van der Waals surface area (Å²) in [5.74, 6) is -0.579. The lowest BCUT2D eigenvalue weighted by molar-refractivity contribution is -0.142. The molecule has 2 heterocycles. The highest BCUT2D eigenvalue weighted by atomic mass is 32.2. The van der Waals surface area contributed by atoms with Crippen molar-refractivity contribution >= 4 is 51.0 Å². The number of hydrogen-bond acceptors (Lipinski definition) is 9. The van der Waals surface area contributed by atoms with Crippen molar-refractivity contribution < 1.29 is 19.1 Å². The average molecular weight is 491 g/mol. The van der Waals surface area contributed by atoms with E-state index in [1.54, 1.807) is 35.1 Å². The van der Waals surface area contributed by atoms with Crippen LogP contribution in [0.1, 0.15) is 26.0 Å². The number of para-hydroxylation sites is 1. The fourth-order valence-electron chi connectivity index (χ4n) is 3.02. The first-order valence-electron chi connectivity index (χ1n) is 10.6. The highest BCUT2D eigenvalue weighted by Crippen LogP contribution is 2.20. The standard InChI is InChI=1S/C22H26N4O5S2/c1-3-30-11-7-10-26-20(29)16-8-5-6-9-17(16)24-22(26)33-14-18(27)25-21-23-15(13-32-21)12-19(28)31-4-2/h5-6,8-9,13H,3-4,7,10-12,14H2,1-2H3,(H,23,25,27). The van der Waals surface area contributed by atoms with E-state index in [9.17, 15) is 14.4 Å². The van der Waals surface area contributed by atoms with Crippen LogP contribution in [0.5, 0.6) is 0 Å². The molecule has 0 aliphatic heterocycles. The number of fused-ring (bicyclic) bond motifs is 1. The second kappa shape index (κ2) is 12.5. The molecule has 11 heteroatoms. The highest BCUT2D eigenvalue weighted by Gasteiger charge is 2.15. The minimum Gasteiger partial charge on any atom is -0.466 e. The Kier molecular flexibility index (Phi) is 9.40. The first kappa shape index (κ1) is 24.9. The van der Waals surface area contributed by atoms with E-state index in [0.29, 0.717) is 59.7 Å². The van der Waals surface area contributed by atoms with Gasteiger partial charge in [-0.3, -0.25) is 19.0 Å². The molecule has 2 aromatic heterocycles. The van der Waals surface area contributed by atoms with Crippen molar-refractivity contribution in [3.05, 3.63) is 45.7 Å². The molecule has 0 saturated carbocycles. The van der Waals surface area contributed by atoms with Gasteiger partial charge in [-0.25, -0.2) is 9.97 Å². The zero-order valence-corrected chi connectivity index (χ0v) is 20.2. The summed E-state index contributed by atoms with van der Waals surface area (Å²) in [5, 5.41) is 5.86. The zero-order valence-electron chi connectivity index (χ0n) is 18.5. The third kappa shape index (κ3) is 7.11. The molecule has 33 heavy (non-hydrogen) atoms. The third-order valence-corrected chi connectivity index (χ3v) is 6.25. The molecule has 0 aliphatic rings. The van der Waals surface area contributed by atoms with Gasteiger partial charge in [0.1, 0.15) is 0 Å². The summed E-state index contributed by atoms with van der Waals surface area (Å²) in [6.07, 6.45) is 0.722. The fraction of sp³-hybridized carbons (Fsp3) is 0.409. The number of ether oxygens (including phenoxy) is 2. The van der Waals surface area contributed by atoms with Crippen LogP contribution in [0.25, 0.3) is 10.9 Å². The minimum absolute atomic E-state index is 0.0586. The van der Waals surface area contributed by atoms with Gasteiger partial charge in [0.15, 0.2) is 10.3 Å². The van der Waals surface area contributed by atoms with Crippen LogP contribution in [0.4, 0.5) is 5.13 Å². The van der Waals surface area contributed by atoms with Gasteiger partial charge in [0.05, 0.1) is 35.4 Å². The molecule has 0 spiro atoms. The van der Waals surface area contributed by atoms with E-state index >= 15 is 0 Å². The van der Waals surface area contributed by atoms with E-state index in [4.69, 9.17) is 9.47 Å². The molecule has 0 unspecified atom stereocenters. The lowest BCUT2D eigenvalue weighted by Crippen LogP contribution is -2.25. The number of thiazole rings is 1. The summed E-state index contributed by atoms with van der Waals surface area (Å²) < 4.78 is 11.9. The van der Waals surface area contributed by atoms with Crippen LogP contribution in [0, 0.1) is 0 Å². The van der Waals surface area contributed by atoms with Crippen LogP contribution in [0.2, 0.25) is 0 Å². The Balaban J connectivity index is 1.67. The number of aromatic nitrogens is 3. The summed E-state index contributed by atoms with van der Waals surface area (Å²) in [6.45, 7) is 5.58. The van der Waals surface area contributed by atoms with Crippen molar-refractivity contribution in [3.8, 4) is 0 Å². The maximum absolute atomic E-state index is 13.0. The van der Waals surface area contributed by atoms with E-state index in [0.717, 1.165) is 0 Å². The Morgan fingerprint density at radius 1 is 1.18 bits per heavy atom. The van der Waals surface area contributed by atoms with Crippen LogP contribution >= 0.6 is 23.1 Å². The normalized spacial score (nSPS) is 11.0. The van der Waals surface area contributed by atoms with Crippen LogP contribution in [-0.2, 0) is 32.0 Å². The van der Waals surface area contributed by atoms with Crippen LogP contribution < -0.4 is 10.9 Å². The van der Waals surface area contributed by atoms with Gasteiger partial charge in [0.2, 0.25) is 5.91 Å². The first-order valence-corrected chi connectivity index (χ1v) is 12.5. The van der Waals surface area contributed by atoms with Crippen LogP contribution in [-0.4, -0.2) is 52.0 Å². The van der Waals surface area contributed by atoms with Gasteiger partial charge in [-0.2, -0.15) is 0 Å². The molecular formula is C22H26N4O5S2. The van der Waals surface area contributed by atoms with Crippen molar-refractivity contribution in [2.24, 2.45) is 0 Å². The van der Waals surface area contributed by atoms with Crippen molar-refractivity contribution in [2.75, 3.05) is 30.9 Å². The van der Waals surface area contributed by atoms with Crippen LogP contribution in [0.3, 0.4) is 0 Å². The molecule has 176 valence electrons. The monoisotopic (exact) mass is 490 g/mol. The molecule has 0 radical (unpaired) electrons. The molecule has 0 bridgehead atoms. The number of esters is 1. The number of nitrogens with zero attached hydrogens (tertiary/aromatic N) is 3. The number of carbonyl (C=O) groups is 2. The molecule has 3 aromatic rings. The van der Waals surface area contributed by atoms with Crippen molar-refractivity contribution in [1.82, 2.24) is 14.5 Å². The number of carbonyl (C=O) groups excluding carboxylic acids is 2. The second-order valence-electron chi connectivity index (χ2n) is 6.88. The Labute approximate surface area is 199 Å². The Hall–Kier alpha value is -2.76. The van der Waals surface area contributed by atoms with Gasteiger partial charge < -0.3 is 14.8 Å². The van der Waals surface area contributed by atoms with Crippen molar-refractivity contribution in [3.63, 3.8) is 0 Å². The number of thioether (sulfide) groups is 1. The maximum atomic E-state index is 13.0. The van der Waals surface area contributed by atoms with E-state index < -0.39 is 0 Å². The number of anilines is 1. The molecule has 1 aromatic carbocycles. The summed E-state index contributed by atoms with van der Waals surface area (Å²) >= 11 is 2.43. The van der Waals surface area contributed by atoms with E-state index in [-0.39, 0.29) is 29.6 Å². The van der Waals surface area contributed by atoms with E-state index in [2.05, 4.69) is 15.3 Å². The smallest absolute Gasteiger partial charge is 0.311 e. The molecule has 3 rings (SSSR count). The summed E-state index contributed by atoms with van der Waals surface area (Å²) in [4.78, 5) is 45.9. The van der Waals surface area contributed by atoms with Gasteiger partial charge >= 0.3 is 5.97 Å². The number of amides is 1. The highest BCUT2D eigenvalue weighted by molar-refractivity contribution is 7.99. The molecule has 1 amide bonds. The molecule has 1 N–H and O–H groups in total. The average Bonchev–Trinajstić information content (AvgIpc) is 3.23. The number of benzene rings is 1. The van der Waals surface area contributed by atoms with Gasteiger partial charge in [0, 0.05) is 25.1 Å². The Morgan fingerprint density at radius 3 is 2.79 bits per heavy atom. The van der Waals surface area contributed by atoms with Crippen molar-refractivity contribution in [2.45, 2.75) is 38.4 Å². The lowest BCUT2D eigenvalue weighted by atomic mass is 10.2. The van der Waals surface area contributed by atoms with E-state index in [1.807, 2.05) is 13.0 Å². The summed E-state index contributed by atoms with van der Waals surface area (Å²) in [5.41, 5.74) is 0.999. The number of rotatable bonds is 12. The summed E-state index contributed by atoms with van der Waals surface area (Å²) in [7, 11) is 0. The molecule has 0 saturated heterocycles. The molecule has 0 aliphatic carbocycles. The summed E-state index contributed by atoms with van der Waals surface area (Å²) in [6, 6.07) is 7.17. The van der Waals surface area contributed by atoms with E-state index in [1.165, 1.54) is 23.1 Å². The van der Waals surface area contributed by atoms with Crippen LogP contribution in [0.15, 0.2) is 39.6 Å². The second-order valence-corrected chi connectivity index (χ2v) is 8.68. The number of hydrogen-bond donors (Lipinski definition) is 1. The molecular weight excluding hydrogens is 464 g/mol. The third-order valence-electron chi connectivity index (χ3n) is 4.46. The Bertz CT molecular complexity index is 1160.